The molecule has 0 bridgehead atoms. The molecule has 0 saturated carbocycles. The van der Waals surface area contributed by atoms with Crippen LogP contribution < -0.4 is 5.73 Å². The molecule has 0 radical (unpaired) electrons. The van der Waals surface area contributed by atoms with Crippen molar-refractivity contribution >= 4 is 17.7 Å². The lowest BCUT2D eigenvalue weighted by atomic mass is 10.1. The maximum atomic E-state index is 13.0. The molecule has 0 aliphatic carbocycles. The summed E-state index contributed by atoms with van der Waals surface area (Å²) in [6, 6.07) is 3.04. The van der Waals surface area contributed by atoms with Crippen LogP contribution in [-0.4, -0.2) is 35.9 Å². The molecule has 0 unspecified atom stereocenters. The largest absolute Gasteiger partial charge is 0.340 e. The fraction of sp³-hybridized carbons (Fsp3) is 0.462. The number of carbonyl (C=O) groups excluding carboxylic acids is 1. The van der Waals surface area contributed by atoms with Gasteiger partial charge in [-0.15, -0.1) is 0 Å². The number of halogens is 2. The molecule has 1 rings (SSSR count). The molecule has 1 aromatic carbocycles. The number of hydrogen-bond donors (Lipinski definition) is 1. The predicted octanol–water partition coefficient (Wildman–Crippen LogP) is 2.00. The highest BCUT2D eigenvalue weighted by atomic mass is 32.2. The minimum Gasteiger partial charge on any atom is -0.340 e. The number of benzene rings is 1. The number of likely N-dealkylation sites (N-methyl/N-ethyl adjacent to an activating group) is 1. The number of rotatable bonds is 6. The van der Waals surface area contributed by atoms with E-state index >= 15 is 0 Å². The van der Waals surface area contributed by atoms with Gasteiger partial charge in [0.1, 0.15) is 0 Å². The fourth-order valence-corrected chi connectivity index (χ4v) is 2.13. The van der Waals surface area contributed by atoms with Crippen LogP contribution in [0, 0.1) is 11.6 Å². The highest BCUT2D eigenvalue weighted by Crippen LogP contribution is 2.11. The molecular weight excluding hydrogens is 270 g/mol. The Kier molecular flexibility index (Phi) is 6.24. The molecule has 106 valence electrons. The van der Waals surface area contributed by atoms with Gasteiger partial charge in [0.05, 0.1) is 6.04 Å². The Morgan fingerprint density at radius 2 is 2.11 bits per heavy atom. The lowest BCUT2D eigenvalue weighted by Crippen LogP contribution is -2.41. The van der Waals surface area contributed by atoms with Crippen LogP contribution in [0.2, 0.25) is 0 Å². The zero-order chi connectivity index (χ0) is 14.4. The van der Waals surface area contributed by atoms with E-state index in [1.165, 1.54) is 11.0 Å². The van der Waals surface area contributed by atoms with Crippen LogP contribution >= 0.6 is 11.8 Å². The second-order valence-electron chi connectivity index (χ2n) is 4.33. The zero-order valence-corrected chi connectivity index (χ0v) is 11.8. The number of hydrogen-bond acceptors (Lipinski definition) is 3. The number of carbonyl (C=O) groups is 1. The molecule has 0 aliphatic rings. The highest BCUT2D eigenvalue weighted by molar-refractivity contribution is 7.98. The van der Waals surface area contributed by atoms with E-state index in [1.54, 1.807) is 18.8 Å². The molecule has 2 N–H and O–H groups in total. The van der Waals surface area contributed by atoms with E-state index in [4.69, 9.17) is 5.73 Å². The van der Waals surface area contributed by atoms with Gasteiger partial charge in [0.25, 0.3) is 0 Å². The predicted molar refractivity (Wildman–Crippen MR) is 73.8 cm³/mol. The summed E-state index contributed by atoms with van der Waals surface area (Å²) in [5, 5.41) is 0. The summed E-state index contributed by atoms with van der Waals surface area (Å²) in [7, 11) is 1.60. The van der Waals surface area contributed by atoms with Crippen molar-refractivity contribution in [2.45, 2.75) is 19.0 Å². The van der Waals surface area contributed by atoms with Gasteiger partial charge in [-0.25, -0.2) is 8.78 Å². The van der Waals surface area contributed by atoms with Crippen LogP contribution in [0.4, 0.5) is 8.78 Å². The van der Waals surface area contributed by atoms with Gasteiger partial charge in [0.15, 0.2) is 11.6 Å². The first-order chi connectivity index (χ1) is 8.95. The van der Waals surface area contributed by atoms with Gasteiger partial charge in [0, 0.05) is 13.6 Å². The summed E-state index contributed by atoms with van der Waals surface area (Å²) < 4.78 is 25.8. The molecule has 0 heterocycles. The van der Waals surface area contributed by atoms with E-state index in [1.807, 2.05) is 6.26 Å². The molecule has 19 heavy (non-hydrogen) atoms. The van der Waals surface area contributed by atoms with Gasteiger partial charge in [-0.1, -0.05) is 6.07 Å². The lowest BCUT2D eigenvalue weighted by molar-refractivity contribution is -0.131. The number of nitrogens with two attached hydrogens (primary N) is 1. The minimum atomic E-state index is -0.912. The average Bonchev–Trinajstić information content (AvgIpc) is 2.39. The van der Waals surface area contributed by atoms with Gasteiger partial charge < -0.3 is 10.6 Å². The summed E-state index contributed by atoms with van der Waals surface area (Å²) in [6.45, 7) is 0.211. The molecule has 1 aromatic rings. The maximum absolute atomic E-state index is 13.0. The van der Waals surface area contributed by atoms with Crippen molar-refractivity contribution in [1.82, 2.24) is 4.90 Å². The molecule has 0 spiro atoms. The van der Waals surface area contributed by atoms with Crippen LogP contribution in [0.15, 0.2) is 18.2 Å². The summed E-state index contributed by atoms with van der Waals surface area (Å²) in [5.74, 6) is -1.19. The molecule has 1 amide bonds. The third kappa shape index (κ3) is 4.80. The van der Waals surface area contributed by atoms with E-state index in [0.29, 0.717) is 12.0 Å². The van der Waals surface area contributed by atoms with Crippen molar-refractivity contribution in [1.29, 1.82) is 0 Å². The van der Waals surface area contributed by atoms with Crippen LogP contribution in [0.1, 0.15) is 12.0 Å². The topological polar surface area (TPSA) is 46.3 Å². The Balaban J connectivity index is 2.60. The van der Waals surface area contributed by atoms with Crippen LogP contribution in [0.5, 0.6) is 0 Å². The molecule has 0 saturated heterocycles. The SMILES string of the molecule is CSCC[C@@H](N)C(=O)N(C)Cc1ccc(F)c(F)c1. The molecule has 3 nitrogen and oxygen atoms in total. The van der Waals surface area contributed by atoms with Crippen molar-refractivity contribution in [3.8, 4) is 0 Å². The molecule has 6 heteroatoms. The number of amides is 1. The maximum Gasteiger partial charge on any atom is 0.239 e. The van der Waals surface area contributed by atoms with E-state index in [2.05, 4.69) is 0 Å². The van der Waals surface area contributed by atoms with Crippen LogP contribution in [-0.2, 0) is 11.3 Å². The summed E-state index contributed by atoms with van der Waals surface area (Å²) in [5.41, 5.74) is 6.31. The summed E-state index contributed by atoms with van der Waals surface area (Å²) in [4.78, 5) is 13.4. The average molecular weight is 288 g/mol. The van der Waals surface area contributed by atoms with Crippen molar-refractivity contribution in [2.75, 3.05) is 19.1 Å². The van der Waals surface area contributed by atoms with E-state index in [9.17, 15) is 13.6 Å². The second-order valence-corrected chi connectivity index (χ2v) is 5.32. The number of thioether (sulfide) groups is 1. The Labute approximate surface area is 116 Å². The summed E-state index contributed by atoms with van der Waals surface area (Å²) >= 11 is 1.62. The molecular formula is C13H18F2N2OS. The van der Waals surface area contributed by atoms with Gasteiger partial charge >= 0.3 is 0 Å². The van der Waals surface area contributed by atoms with Gasteiger partial charge in [0.2, 0.25) is 5.91 Å². The quantitative estimate of drug-likeness (QED) is 0.871. The first-order valence-corrected chi connectivity index (χ1v) is 7.28. The van der Waals surface area contributed by atoms with Crippen LogP contribution in [0.25, 0.3) is 0 Å². The Hall–Kier alpha value is -1.14. The Bertz CT molecular complexity index is 443. The summed E-state index contributed by atoms with van der Waals surface area (Å²) in [6.07, 6.45) is 2.55. The zero-order valence-electron chi connectivity index (χ0n) is 11.0. The van der Waals surface area contributed by atoms with Crippen molar-refractivity contribution in [3.63, 3.8) is 0 Å². The standard InChI is InChI=1S/C13H18F2N2OS/c1-17(13(18)12(16)5-6-19-2)8-9-3-4-10(14)11(15)7-9/h3-4,7,12H,5-6,8,16H2,1-2H3/t12-/m1/s1. The van der Waals surface area contributed by atoms with Gasteiger partial charge in [-0.3, -0.25) is 4.79 Å². The van der Waals surface area contributed by atoms with E-state index in [-0.39, 0.29) is 12.5 Å². The number of nitrogens with zero attached hydrogens (tertiary/aromatic N) is 1. The van der Waals surface area contributed by atoms with Gasteiger partial charge in [-0.2, -0.15) is 11.8 Å². The molecule has 1 atom stereocenters. The second kappa shape index (κ2) is 7.45. The lowest BCUT2D eigenvalue weighted by Gasteiger charge is -2.21. The minimum absolute atomic E-state index is 0.196. The third-order valence-corrected chi connectivity index (χ3v) is 3.37. The van der Waals surface area contributed by atoms with Crippen LogP contribution in [0.3, 0.4) is 0 Å². The first kappa shape index (κ1) is 15.9. The Morgan fingerprint density at radius 1 is 1.42 bits per heavy atom. The first-order valence-electron chi connectivity index (χ1n) is 5.89. The normalized spacial score (nSPS) is 12.3. The fourth-order valence-electron chi connectivity index (χ4n) is 1.64. The van der Waals surface area contributed by atoms with Crippen molar-refractivity contribution in [3.05, 3.63) is 35.4 Å². The monoisotopic (exact) mass is 288 g/mol. The Morgan fingerprint density at radius 3 is 2.68 bits per heavy atom. The highest BCUT2D eigenvalue weighted by Gasteiger charge is 2.18. The molecule has 0 fully saturated rings. The van der Waals surface area contributed by atoms with E-state index in [0.717, 1.165) is 17.9 Å². The van der Waals surface area contributed by atoms with Crippen molar-refractivity contribution < 1.29 is 13.6 Å². The smallest absolute Gasteiger partial charge is 0.239 e. The molecule has 0 aromatic heterocycles. The molecule has 0 aliphatic heterocycles. The third-order valence-electron chi connectivity index (χ3n) is 2.73. The van der Waals surface area contributed by atoms with Gasteiger partial charge in [-0.05, 0) is 36.1 Å². The van der Waals surface area contributed by atoms with E-state index < -0.39 is 17.7 Å². The van der Waals surface area contributed by atoms with Crippen molar-refractivity contribution in [2.24, 2.45) is 5.73 Å².